The summed E-state index contributed by atoms with van der Waals surface area (Å²) < 4.78 is 5.46. The zero-order chi connectivity index (χ0) is 16.2. The van der Waals surface area contributed by atoms with Crippen molar-refractivity contribution >= 4 is 12.0 Å². The number of likely N-dealkylation sites (N-methyl/N-ethyl adjacent to an activating group) is 1. The van der Waals surface area contributed by atoms with Gasteiger partial charge in [0.15, 0.2) is 11.5 Å². The van der Waals surface area contributed by atoms with E-state index in [1.165, 1.54) is 6.07 Å². The molecule has 1 saturated carbocycles. The van der Waals surface area contributed by atoms with E-state index < -0.39 is 11.6 Å². The summed E-state index contributed by atoms with van der Waals surface area (Å²) in [4.78, 5) is 13.3. The number of nitrogens with zero attached hydrogens (tertiary/aromatic N) is 1. The number of aromatic hydroxyl groups is 1. The zero-order valence-electron chi connectivity index (χ0n) is 12.7. The van der Waals surface area contributed by atoms with Gasteiger partial charge in [0.2, 0.25) is 0 Å². The van der Waals surface area contributed by atoms with Crippen molar-refractivity contribution in [3.05, 3.63) is 18.2 Å². The molecule has 2 rings (SSSR count). The molecule has 1 aliphatic carbocycles. The van der Waals surface area contributed by atoms with Gasteiger partial charge in [-0.2, -0.15) is 0 Å². The highest BCUT2D eigenvalue weighted by Crippen LogP contribution is 2.40. The Hall–Kier alpha value is -1.79. The number of hydrogen-bond acceptors (Lipinski definition) is 6. The van der Waals surface area contributed by atoms with Crippen LogP contribution in [-0.2, 0) is 4.79 Å². The second-order valence-electron chi connectivity index (χ2n) is 5.76. The van der Waals surface area contributed by atoms with E-state index in [-0.39, 0.29) is 25.4 Å². The summed E-state index contributed by atoms with van der Waals surface area (Å²) in [5.41, 5.74) is 0.337. The van der Waals surface area contributed by atoms with Crippen LogP contribution in [-0.4, -0.2) is 53.5 Å². The molecule has 1 fully saturated rings. The van der Waals surface area contributed by atoms with Crippen molar-refractivity contribution in [3.63, 3.8) is 0 Å². The fourth-order valence-electron chi connectivity index (χ4n) is 2.55. The number of hydrogen-bond donors (Lipinski definition) is 3. The summed E-state index contributed by atoms with van der Waals surface area (Å²) in [5.74, 6) is 0.305. The van der Waals surface area contributed by atoms with Gasteiger partial charge in [0.25, 0.3) is 0 Å². The number of phenolic OH excluding ortho intramolecular Hbond substituents is 1. The predicted molar refractivity (Wildman–Crippen MR) is 82.4 cm³/mol. The standard InChI is InChI=1S/C16H23NO5/c1-17(16(11-19)6-2-7-16)12-3-4-14(21)15(9-12)22-8-5-13(20)10-18/h3-4,9,11,13,18,20-21H,2,5-8,10H2,1H3. The predicted octanol–water partition coefficient (Wildman–Crippen LogP) is 1.07. The van der Waals surface area contributed by atoms with Gasteiger partial charge in [0.1, 0.15) is 6.29 Å². The second-order valence-corrected chi connectivity index (χ2v) is 5.76. The van der Waals surface area contributed by atoms with Gasteiger partial charge in [-0.1, -0.05) is 0 Å². The summed E-state index contributed by atoms with van der Waals surface area (Å²) in [6, 6.07) is 4.96. The van der Waals surface area contributed by atoms with Crippen molar-refractivity contribution in [2.45, 2.75) is 37.3 Å². The Morgan fingerprint density at radius 3 is 2.73 bits per heavy atom. The SMILES string of the molecule is CN(c1ccc(O)c(OCCC(O)CO)c1)C1(C=O)CCC1. The third-order valence-electron chi connectivity index (χ3n) is 4.36. The number of anilines is 1. The number of aliphatic hydroxyl groups is 2. The summed E-state index contributed by atoms with van der Waals surface area (Å²) in [5, 5.41) is 27.9. The highest BCUT2D eigenvalue weighted by molar-refractivity contribution is 5.74. The van der Waals surface area contributed by atoms with Gasteiger partial charge < -0.3 is 29.8 Å². The Bertz CT molecular complexity index is 515. The van der Waals surface area contributed by atoms with Crippen molar-refractivity contribution in [1.29, 1.82) is 0 Å². The summed E-state index contributed by atoms with van der Waals surface area (Å²) in [7, 11) is 1.86. The van der Waals surface area contributed by atoms with E-state index >= 15 is 0 Å². The van der Waals surface area contributed by atoms with E-state index in [1.54, 1.807) is 12.1 Å². The van der Waals surface area contributed by atoms with Crippen molar-refractivity contribution in [2.24, 2.45) is 0 Å². The molecule has 1 aromatic rings. The first-order chi connectivity index (χ1) is 10.5. The number of rotatable bonds is 8. The maximum Gasteiger partial charge on any atom is 0.162 e. The van der Waals surface area contributed by atoms with E-state index in [4.69, 9.17) is 9.84 Å². The zero-order valence-corrected chi connectivity index (χ0v) is 12.7. The molecule has 0 amide bonds. The Morgan fingerprint density at radius 2 is 2.18 bits per heavy atom. The van der Waals surface area contributed by atoms with E-state index in [0.29, 0.717) is 5.75 Å². The number of carbonyl (C=O) groups is 1. The van der Waals surface area contributed by atoms with Crippen LogP contribution in [0, 0.1) is 0 Å². The normalized spacial score (nSPS) is 17.4. The number of ether oxygens (including phenoxy) is 1. The minimum Gasteiger partial charge on any atom is -0.504 e. The summed E-state index contributed by atoms with van der Waals surface area (Å²) in [6.45, 7) is -0.138. The van der Waals surface area contributed by atoms with Crippen LogP contribution in [0.25, 0.3) is 0 Å². The topological polar surface area (TPSA) is 90.2 Å². The van der Waals surface area contributed by atoms with Crippen LogP contribution in [0.3, 0.4) is 0 Å². The van der Waals surface area contributed by atoms with Crippen molar-refractivity contribution in [1.82, 2.24) is 0 Å². The van der Waals surface area contributed by atoms with Crippen LogP contribution in [0.2, 0.25) is 0 Å². The molecule has 1 aliphatic rings. The molecule has 0 heterocycles. The first kappa shape index (κ1) is 16.6. The van der Waals surface area contributed by atoms with Gasteiger partial charge in [0.05, 0.1) is 24.9 Å². The highest BCUT2D eigenvalue weighted by Gasteiger charge is 2.41. The van der Waals surface area contributed by atoms with E-state index in [1.807, 2.05) is 11.9 Å². The minimum absolute atomic E-state index is 0.00407. The lowest BCUT2D eigenvalue weighted by atomic mass is 9.76. The lowest BCUT2D eigenvalue weighted by molar-refractivity contribution is -0.114. The first-order valence-electron chi connectivity index (χ1n) is 7.47. The quantitative estimate of drug-likeness (QED) is 0.622. The fraction of sp³-hybridized carbons (Fsp3) is 0.562. The molecular formula is C16H23NO5. The molecule has 0 aliphatic heterocycles. The van der Waals surface area contributed by atoms with Gasteiger partial charge in [-0.15, -0.1) is 0 Å². The smallest absolute Gasteiger partial charge is 0.162 e. The van der Waals surface area contributed by atoms with Crippen LogP contribution in [0.4, 0.5) is 5.69 Å². The third kappa shape index (κ3) is 3.34. The van der Waals surface area contributed by atoms with Crippen LogP contribution in [0.15, 0.2) is 18.2 Å². The molecule has 0 radical (unpaired) electrons. The van der Waals surface area contributed by atoms with Crippen LogP contribution < -0.4 is 9.64 Å². The molecule has 1 aromatic carbocycles. The summed E-state index contributed by atoms with van der Waals surface area (Å²) >= 11 is 0. The third-order valence-corrected chi connectivity index (χ3v) is 4.36. The average Bonchev–Trinajstić information content (AvgIpc) is 2.48. The van der Waals surface area contributed by atoms with Crippen molar-refractivity contribution < 1.29 is 24.9 Å². The number of phenols is 1. The molecule has 22 heavy (non-hydrogen) atoms. The van der Waals surface area contributed by atoms with Gasteiger partial charge >= 0.3 is 0 Å². The lowest BCUT2D eigenvalue weighted by Gasteiger charge is -2.45. The average molecular weight is 309 g/mol. The largest absolute Gasteiger partial charge is 0.504 e. The highest BCUT2D eigenvalue weighted by atomic mass is 16.5. The second kappa shape index (κ2) is 6.98. The monoisotopic (exact) mass is 309 g/mol. The molecule has 6 heteroatoms. The molecule has 3 N–H and O–H groups in total. The van der Waals surface area contributed by atoms with Gasteiger partial charge in [-0.3, -0.25) is 0 Å². The van der Waals surface area contributed by atoms with Crippen LogP contribution in [0.1, 0.15) is 25.7 Å². The maximum atomic E-state index is 11.4. The fourth-order valence-corrected chi connectivity index (χ4v) is 2.55. The van der Waals surface area contributed by atoms with Crippen LogP contribution in [0.5, 0.6) is 11.5 Å². The first-order valence-corrected chi connectivity index (χ1v) is 7.47. The Balaban J connectivity index is 2.07. The minimum atomic E-state index is -0.832. The molecular weight excluding hydrogens is 286 g/mol. The van der Waals surface area contributed by atoms with Gasteiger partial charge in [-0.05, 0) is 31.4 Å². The van der Waals surface area contributed by atoms with E-state index in [0.717, 1.165) is 31.2 Å². The van der Waals surface area contributed by atoms with Gasteiger partial charge in [-0.25, -0.2) is 0 Å². The Labute approximate surface area is 129 Å². The molecule has 122 valence electrons. The lowest BCUT2D eigenvalue weighted by Crippen LogP contribution is -2.53. The van der Waals surface area contributed by atoms with E-state index in [9.17, 15) is 15.0 Å². The number of aldehydes is 1. The maximum absolute atomic E-state index is 11.4. The van der Waals surface area contributed by atoms with Crippen molar-refractivity contribution in [3.8, 4) is 11.5 Å². The van der Waals surface area contributed by atoms with E-state index in [2.05, 4.69) is 0 Å². The molecule has 0 aromatic heterocycles. The van der Waals surface area contributed by atoms with Crippen molar-refractivity contribution in [2.75, 3.05) is 25.2 Å². The number of carbonyl (C=O) groups excluding carboxylic acids is 1. The Kier molecular flexibility index (Phi) is 5.26. The number of benzene rings is 1. The summed E-state index contributed by atoms with van der Waals surface area (Å²) in [6.07, 6.45) is 3.11. The molecule has 6 nitrogen and oxygen atoms in total. The van der Waals surface area contributed by atoms with Gasteiger partial charge in [0, 0.05) is 25.2 Å². The molecule has 0 spiro atoms. The molecule has 0 saturated heterocycles. The Morgan fingerprint density at radius 1 is 1.45 bits per heavy atom. The van der Waals surface area contributed by atoms with Crippen LogP contribution >= 0.6 is 0 Å². The number of aliphatic hydroxyl groups excluding tert-OH is 2. The molecule has 0 bridgehead atoms. The molecule has 1 atom stereocenters. The molecule has 1 unspecified atom stereocenters.